The maximum atomic E-state index is 11.0. The largest absolute Gasteiger partial charge is 0.488 e. The fourth-order valence-corrected chi connectivity index (χ4v) is 2.30. The molecule has 0 aliphatic heterocycles. The van der Waals surface area contributed by atoms with Crippen molar-refractivity contribution in [1.29, 1.82) is 0 Å². The quantitative estimate of drug-likeness (QED) is 0.337. The number of hydrogen-bond acceptors (Lipinski definition) is 6. The standard InChI is InChI=1S/C19H18N2O7/c20-18(19(24)25)16(11-17(22)23)28-15-9-5-13(6-10-15)2-1-12-3-7-14(8-4-12)21(26)27/h1-10,16,18H,11,20H2,(H,22,23)(H,24,25)/b2-1+. The van der Waals surface area contributed by atoms with Gasteiger partial charge in [0.25, 0.3) is 5.69 Å². The van der Waals surface area contributed by atoms with E-state index in [0.29, 0.717) is 0 Å². The van der Waals surface area contributed by atoms with E-state index in [-0.39, 0.29) is 11.4 Å². The number of nitrogens with two attached hydrogens (primary N) is 1. The molecule has 2 unspecified atom stereocenters. The Morgan fingerprint density at radius 2 is 1.54 bits per heavy atom. The molecule has 0 saturated heterocycles. The van der Waals surface area contributed by atoms with E-state index in [1.807, 2.05) is 0 Å². The molecule has 2 atom stereocenters. The highest BCUT2D eigenvalue weighted by molar-refractivity contribution is 5.76. The summed E-state index contributed by atoms with van der Waals surface area (Å²) in [4.78, 5) is 32.1. The Labute approximate surface area is 159 Å². The number of hydrogen-bond donors (Lipinski definition) is 3. The highest BCUT2D eigenvalue weighted by Gasteiger charge is 2.28. The van der Waals surface area contributed by atoms with E-state index in [0.717, 1.165) is 11.1 Å². The average molecular weight is 386 g/mol. The topological polar surface area (TPSA) is 153 Å². The van der Waals surface area contributed by atoms with Crippen LogP contribution < -0.4 is 10.5 Å². The summed E-state index contributed by atoms with van der Waals surface area (Å²) in [5.41, 5.74) is 7.07. The van der Waals surface area contributed by atoms with Crippen molar-refractivity contribution >= 4 is 29.8 Å². The molecule has 0 bridgehead atoms. The Bertz CT molecular complexity index is 876. The number of aliphatic carboxylic acids is 2. The second-order valence-electron chi connectivity index (χ2n) is 5.87. The van der Waals surface area contributed by atoms with Crippen LogP contribution in [-0.4, -0.2) is 39.2 Å². The lowest BCUT2D eigenvalue weighted by molar-refractivity contribution is -0.384. The Morgan fingerprint density at radius 3 is 1.96 bits per heavy atom. The van der Waals surface area contributed by atoms with E-state index in [1.165, 1.54) is 12.1 Å². The molecule has 0 aliphatic rings. The van der Waals surface area contributed by atoms with E-state index < -0.39 is 35.4 Å². The van der Waals surface area contributed by atoms with Crippen LogP contribution in [0.1, 0.15) is 17.5 Å². The van der Waals surface area contributed by atoms with E-state index in [9.17, 15) is 19.7 Å². The fraction of sp³-hybridized carbons (Fsp3) is 0.158. The number of nitro groups is 1. The van der Waals surface area contributed by atoms with E-state index in [2.05, 4.69) is 0 Å². The second-order valence-corrected chi connectivity index (χ2v) is 5.87. The van der Waals surface area contributed by atoms with Gasteiger partial charge < -0.3 is 20.7 Å². The van der Waals surface area contributed by atoms with Crippen LogP contribution in [0.25, 0.3) is 12.2 Å². The fourth-order valence-electron chi connectivity index (χ4n) is 2.30. The molecule has 2 rings (SSSR count). The van der Waals surface area contributed by atoms with Crippen LogP contribution in [0.5, 0.6) is 5.75 Å². The summed E-state index contributed by atoms with van der Waals surface area (Å²) < 4.78 is 5.43. The molecule has 0 fully saturated rings. The minimum absolute atomic E-state index is 0.00846. The van der Waals surface area contributed by atoms with Gasteiger partial charge in [0.2, 0.25) is 0 Å². The van der Waals surface area contributed by atoms with Crippen LogP contribution in [-0.2, 0) is 9.59 Å². The zero-order valence-corrected chi connectivity index (χ0v) is 14.6. The van der Waals surface area contributed by atoms with E-state index >= 15 is 0 Å². The summed E-state index contributed by atoms with van der Waals surface area (Å²) in [6, 6.07) is 11.1. The predicted octanol–water partition coefficient (Wildman–Crippen LogP) is 2.40. The maximum Gasteiger partial charge on any atom is 0.324 e. The predicted molar refractivity (Wildman–Crippen MR) is 101 cm³/mol. The average Bonchev–Trinajstić information content (AvgIpc) is 2.66. The lowest BCUT2D eigenvalue weighted by Gasteiger charge is -2.20. The molecule has 0 amide bonds. The zero-order valence-electron chi connectivity index (χ0n) is 14.6. The van der Waals surface area contributed by atoms with Crippen LogP contribution in [0.3, 0.4) is 0 Å². The van der Waals surface area contributed by atoms with Gasteiger partial charge in [-0.1, -0.05) is 24.3 Å². The molecule has 9 heteroatoms. The lowest BCUT2D eigenvalue weighted by atomic mass is 10.1. The number of nitro benzene ring substituents is 1. The van der Waals surface area contributed by atoms with Crippen molar-refractivity contribution in [2.45, 2.75) is 18.6 Å². The summed E-state index contributed by atoms with van der Waals surface area (Å²) in [6.07, 6.45) is 1.79. The summed E-state index contributed by atoms with van der Waals surface area (Å²) >= 11 is 0. The number of carboxylic acids is 2. The van der Waals surface area contributed by atoms with Crippen LogP contribution in [0.4, 0.5) is 5.69 Å². The Morgan fingerprint density at radius 1 is 1.04 bits per heavy atom. The molecule has 0 saturated carbocycles. The maximum absolute atomic E-state index is 11.0. The molecular formula is C19H18N2O7. The third-order valence-electron chi connectivity index (χ3n) is 3.80. The van der Waals surface area contributed by atoms with Crippen molar-refractivity contribution in [2.24, 2.45) is 5.73 Å². The smallest absolute Gasteiger partial charge is 0.324 e. The normalized spacial score (nSPS) is 13.0. The minimum Gasteiger partial charge on any atom is -0.488 e. The minimum atomic E-state index is -1.47. The summed E-state index contributed by atoms with van der Waals surface area (Å²) in [7, 11) is 0. The van der Waals surface area contributed by atoms with Gasteiger partial charge in [-0.25, -0.2) is 0 Å². The molecule has 4 N–H and O–H groups in total. The Kier molecular flexibility index (Phi) is 6.83. The van der Waals surface area contributed by atoms with Crippen molar-refractivity contribution in [3.05, 3.63) is 69.8 Å². The number of non-ortho nitro benzene ring substituents is 1. The highest BCUT2D eigenvalue weighted by Crippen LogP contribution is 2.19. The number of carbonyl (C=O) groups is 2. The molecule has 0 aromatic heterocycles. The van der Waals surface area contributed by atoms with Crippen LogP contribution in [0, 0.1) is 10.1 Å². The van der Waals surface area contributed by atoms with Gasteiger partial charge in [0.05, 0.1) is 11.3 Å². The van der Waals surface area contributed by atoms with Gasteiger partial charge in [-0.3, -0.25) is 19.7 Å². The number of nitrogens with zero attached hydrogens (tertiary/aromatic N) is 1. The number of ether oxygens (including phenoxy) is 1. The molecule has 28 heavy (non-hydrogen) atoms. The number of rotatable bonds is 9. The van der Waals surface area contributed by atoms with Gasteiger partial charge in [0.1, 0.15) is 17.9 Å². The molecular weight excluding hydrogens is 368 g/mol. The summed E-state index contributed by atoms with van der Waals surface area (Å²) in [5, 5.41) is 28.5. The van der Waals surface area contributed by atoms with Gasteiger partial charge in [0, 0.05) is 12.1 Å². The molecule has 0 spiro atoms. The highest BCUT2D eigenvalue weighted by atomic mass is 16.6. The van der Waals surface area contributed by atoms with Crippen LogP contribution in [0.15, 0.2) is 48.5 Å². The molecule has 0 radical (unpaired) electrons. The van der Waals surface area contributed by atoms with Gasteiger partial charge in [0.15, 0.2) is 0 Å². The number of carboxylic acid groups (broad SMARTS) is 2. The van der Waals surface area contributed by atoms with Crippen LogP contribution in [0.2, 0.25) is 0 Å². The molecule has 0 heterocycles. The van der Waals surface area contributed by atoms with E-state index in [4.69, 9.17) is 20.7 Å². The van der Waals surface area contributed by atoms with Gasteiger partial charge in [-0.2, -0.15) is 0 Å². The first-order chi connectivity index (χ1) is 13.3. The number of benzene rings is 2. The first-order valence-electron chi connectivity index (χ1n) is 8.15. The molecule has 9 nitrogen and oxygen atoms in total. The van der Waals surface area contributed by atoms with Crippen LogP contribution >= 0.6 is 0 Å². The first kappa shape index (κ1) is 20.6. The Hall–Kier alpha value is -3.72. The molecule has 2 aromatic rings. The van der Waals surface area contributed by atoms with Crippen molar-refractivity contribution in [3.8, 4) is 5.75 Å². The van der Waals surface area contributed by atoms with Crippen molar-refractivity contribution in [2.75, 3.05) is 0 Å². The second kappa shape index (κ2) is 9.28. The first-order valence-corrected chi connectivity index (χ1v) is 8.15. The molecule has 146 valence electrons. The summed E-state index contributed by atoms with van der Waals surface area (Å²) in [5.74, 6) is -2.28. The zero-order chi connectivity index (χ0) is 20.7. The van der Waals surface area contributed by atoms with E-state index in [1.54, 1.807) is 48.6 Å². The third-order valence-corrected chi connectivity index (χ3v) is 3.80. The monoisotopic (exact) mass is 386 g/mol. The molecule has 2 aromatic carbocycles. The summed E-state index contributed by atoms with van der Waals surface area (Å²) in [6.45, 7) is 0. The molecule has 0 aliphatic carbocycles. The Balaban J connectivity index is 2.06. The lowest BCUT2D eigenvalue weighted by Crippen LogP contribution is -2.46. The van der Waals surface area contributed by atoms with Crippen molar-refractivity contribution in [1.82, 2.24) is 0 Å². The van der Waals surface area contributed by atoms with Gasteiger partial charge in [-0.15, -0.1) is 0 Å². The van der Waals surface area contributed by atoms with Crippen molar-refractivity contribution in [3.63, 3.8) is 0 Å². The third kappa shape index (κ3) is 5.92. The van der Waals surface area contributed by atoms with Gasteiger partial charge in [-0.05, 0) is 35.4 Å². The van der Waals surface area contributed by atoms with Crippen molar-refractivity contribution < 1.29 is 29.5 Å². The SMILES string of the molecule is NC(C(=O)O)C(CC(=O)O)Oc1ccc(/C=C/c2ccc([N+](=O)[O-])cc2)cc1. The van der Waals surface area contributed by atoms with Gasteiger partial charge >= 0.3 is 11.9 Å².